The highest BCUT2D eigenvalue weighted by Crippen LogP contribution is 2.34. The summed E-state index contributed by atoms with van der Waals surface area (Å²) < 4.78 is 29.6. The molecule has 1 atom stereocenters. The van der Waals surface area contributed by atoms with Crippen LogP contribution in [0, 0.1) is 0 Å². The van der Waals surface area contributed by atoms with E-state index >= 15 is 0 Å². The molecular formula is C26H27N3O3S3. The highest BCUT2D eigenvalue weighted by Gasteiger charge is 2.40. The Kier molecular flexibility index (Phi) is 7.02. The minimum atomic E-state index is -3.75. The van der Waals surface area contributed by atoms with Gasteiger partial charge in [0, 0.05) is 6.54 Å². The van der Waals surface area contributed by atoms with Gasteiger partial charge in [-0.15, -0.1) is 11.3 Å². The number of piperidine rings is 1. The van der Waals surface area contributed by atoms with E-state index in [0.29, 0.717) is 24.6 Å². The normalized spacial score (nSPS) is 17.0. The Labute approximate surface area is 213 Å². The molecule has 5 rings (SSSR count). The number of thiazole rings is 1. The Morgan fingerprint density at radius 1 is 1.09 bits per heavy atom. The molecule has 182 valence electrons. The van der Waals surface area contributed by atoms with Crippen molar-refractivity contribution in [2.24, 2.45) is 0 Å². The number of anilines is 1. The van der Waals surface area contributed by atoms with Gasteiger partial charge in [-0.2, -0.15) is 4.31 Å². The lowest BCUT2D eigenvalue weighted by Gasteiger charge is -2.35. The molecule has 0 aliphatic carbocycles. The second-order valence-corrected chi connectivity index (χ2v) is 12.7. The maximum atomic E-state index is 14.1. The molecule has 9 heteroatoms. The Morgan fingerprint density at radius 2 is 1.91 bits per heavy atom. The number of amides is 1. The summed E-state index contributed by atoms with van der Waals surface area (Å²) in [6, 6.07) is 18.5. The zero-order valence-electron chi connectivity index (χ0n) is 19.5. The largest absolute Gasteiger partial charge is 0.282 e. The number of hydrogen-bond donors (Lipinski definition) is 0. The van der Waals surface area contributed by atoms with Crippen LogP contribution < -0.4 is 4.90 Å². The van der Waals surface area contributed by atoms with E-state index in [-0.39, 0.29) is 10.1 Å². The van der Waals surface area contributed by atoms with Crippen molar-refractivity contribution < 1.29 is 13.2 Å². The molecule has 0 saturated carbocycles. The van der Waals surface area contributed by atoms with Gasteiger partial charge in [0.15, 0.2) is 5.13 Å². The summed E-state index contributed by atoms with van der Waals surface area (Å²) in [5.41, 5.74) is 3.03. The van der Waals surface area contributed by atoms with E-state index in [9.17, 15) is 13.2 Å². The molecule has 1 aliphatic heterocycles. The van der Waals surface area contributed by atoms with E-state index in [4.69, 9.17) is 4.98 Å². The summed E-state index contributed by atoms with van der Waals surface area (Å²) in [4.78, 5) is 20.6. The zero-order valence-corrected chi connectivity index (χ0v) is 21.9. The fourth-order valence-corrected chi connectivity index (χ4v) is 8.25. The number of aryl methyl sites for hydroxylation is 1. The summed E-state index contributed by atoms with van der Waals surface area (Å²) in [6.07, 6.45) is 2.98. The molecule has 0 N–H and O–H groups in total. The van der Waals surface area contributed by atoms with E-state index in [1.807, 2.05) is 36.4 Å². The average molecular weight is 526 g/mol. The topological polar surface area (TPSA) is 70.6 Å². The summed E-state index contributed by atoms with van der Waals surface area (Å²) in [5, 5.41) is 2.35. The molecule has 1 unspecified atom stereocenters. The van der Waals surface area contributed by atoms with Crippen molar-refractivity contribution in [2.45, 2.75) is 49.4 Å². The number of carbonyl (C=O) groups excluding carboxylic acids is 1. The number of carbonyl (C=O) groups is 1. The first-order valence-electron chi connectivity index (χ1n) is 11.8. The monoisotopic (exact) mass is 525 g/mol. The van der Waals surface area contributed by atoms with Gasteiger partial charge in [0.25, 0.3) is 10.0 Å². The SMILES string of the molecule is CCc1ccc2nc(N(Cc3ccccc3)C(=O)C3CCCCN3S(=O)(=O)c3cccs3)sc2c1. The van der Waals surface area contributed by atoms with Crippen LogP contribution in [0.5, 0.6) is 0 Å². The standard InChI is InChI=1S/C26H27N3O3S3/c1-2-19-13-14-21-23(17-19)34-26(27-21)28(18-20-9-4-3-5-10-20)25(30)22-11-6-7-15-29(22)35(31,32)24-12-8-16-33-24/h3-5,8-10,12-14,16-17,22H,2,6-7,11,15,18H2,1H3. The van der Waals surface area contributed by atoms with Crippen LogP contribution >= 0.6 is 22.7 Å². The Morgan fingerprint density at radius 3 is 2.66 bits per heavy atom. The van der Waals surface area contributed by atoms with Gasteiger partial charge in [-0.3, -0.25) is 9.69 Å². The lowest BCUT2D eigenvalue weighted by Crippen LogP contribution is -2.52. The highest BCUT2D eigenvalue weighted by atomic mass is 32.2. The number of fused-ring (bicyclic) bond motifs is 1. The molecule has 0 spiro atoms. The smallest absolute Gasteiger partial charge is 0.253 e. The molecule has 0 bridgehead atoms. The van der Waals surface area contributed by atoms with Crippen molar-refractivity contribution in [1.82, 2.24) is 9.29 Å². The van der Waals surface area contributed by atoms with Crippen LogP contribution in [0.15, 0.2) is 70.3 Å². The summed E-state index contributed by atoms with van der Waals surface area (Å²) >= 11 is 2.67. The summed E-state index contributed by atoms with van der Waals surface area (Å²) in [6.45, 7) is 2.79. The molecule has 0 radical (unpaired) electrons. The maximum Gasteiger partial charge on any atom is 0.253 e. The van der Waals surface area contributed by atoms with E-state index < -0.39 is 16.1 Å². The van der Waals surface area contributed by atoms with E-state index in [1.54, 1.807) is 22.4 Å². The molecule has 35 heavy (non-hydrogen) atoms. The molecule has 1 aliphatic rings. The van der Waals surface area contributed by atoms with Crippen LogP contribution in [0.4, 0.5) is 5.13 Å². The van der Waals surface area contributed by atoms with Gasteiger partial charge < -0.3 is 0 Å². The summed E-state index contributed by atoms with van der Waals surface area (Å²) in [7, 11) is -3.75. The third kappa shape index (κ3) is 4.91. The Balaban J connectivity index is 1.54. The van der Waals surface area contributed by atoms with Crippen molar-refractivity contribution in [2.75, 3.05) is 11.4 Å². The molecule has 1 fully saturated rings. The number of benzene rings is 2. The van der Waals surface area contributed by atoms with Gasteiger partial charge in [-0.1, -0.05) is 67.1 Å². The molecule has 6 nitrogen and oxygen atoms in total. The van der Waals surface area contributed by atoms with Crippen molar-refractivity contribution in [3.05, 3.63) is 77.2 Å². The second-order valence-electron chi connectivity index (χ2n) is 8.62. The van der Waals surface area contributed by atoms with Crippen LogP contribution in [0.1, 0.15) is 37.3 Å². The molecule has 2 aromatic heterocycles. The molecule has 1 saturated heterocycles. The zero-order chi connectivity index (χ0) is 24.4. The van der Waals surface area contributed by atoms with Crippen molar-refractivity contribution >= 4 is 54.0 Å². The molecule has 1 amide bonds. The first-order valence-corrected chi connectivity index (χ1v) is 14.9. The minimum absolute atomic E-state index is 0.219. The van der Waals surface area contributed by atoms with Crippen LogP contribution in [0.2, 0.25) is 0 Å². The van der Waals surface area contributed by atoms with Gasteiger partial charge in [-0.05, 0) is 54.0 Å². The highest BCUT2D eigenvalue weighted by molar-refractivity contribution is 7.91. The summed E-state index contributed by atoms with van der Waals surface area (Å²) in [5.74, 6) is -0.219. The fourth-order valence-electron chi connectivity index (χ4n) is 4.44. The van der Waals surface area contributed by atoms with Gasteiger partial charge in [0.05, 0.1) is 16.8 Å². The number of sulfonamides is 1. The molecular weight excluding hydrogens is 499 g/mol. The lowest BCUT2D eigenvalue weighted by atomic mass is 10.0. The lowest BCUT2D eigenvalue weighted by molar-refractivity contribution is -0.123. The van der Waals surface area contributed by atoms with E-state index in [0.717, 1.165) is 35.0 Å². The van der Waals surface area contributed by atoms with Crippen LogP contribution in [-0.2, 0) is 27.8 Å². The first kappa shape index (κ1) is 24.1. The van der Waals surface area contributed by atoms with Crippen LogP contribution in [0.25, 0.3) is 10.2 Å². The molecule has 3 heterocycles. The molecule has 2 aromatic carbocycles. The molecule has 4 aromatic rings. The minimum Gasteiger partial charge on any atom is -0.282 e. The Hall–Kier alpha value is -2.59. The predicted molar refractivity (Wildman–Crippen MR) is 142 cm³/mol. The van der Waals surface area contributed by atoms with Crippen molar-refractivity contribution in [3.63, 3.8) is 0 Å². The number of nitrogens with zero attached hydrogens (tertiary/aromatic N) is 3. The number of rotatable bonds is 7. The Bertz CT molecular complexity index is 1420. The van der Waals surface area contributed by atoms with Crippen LogP contribution in [0.3, 0.4) is 0 Å². The second kappa shape index (κ2) is 10.2. The third-order valence-electron chi connectivity index (χ3n) is 6.33. The fraction of sp³-hybridized carbons (Fsp3) is 0.308. The number of aromatic nitrogens is 1. The predicted octanol–water partition coefficient (Wildman–Crippen LogP) is 5.70. The third-order valence-corrected chi connectivity index (χ3v) is 10.6. The van der Waals surface area contributed by atoms with E-state index in [2.05, 4.69) is 19.1 Å². The number of hydrogen-bond acceptors (Lipinski definition) is 6. The quantitative estimate of drug-likeness (QED) is 0.310. The van der Waals surface area contributed by atoms with Gasteiger partial charge in [0.1, 0.15) is 10.3 Å². The van der Waals surface area contributed by atoms with Crippen molar-refractivity contribution in [3.8, 4) is 0 Å². The maximum absolute atomic E-state index is 14.1. The van der Waals surface area contributed by atoms with E-state index in [1.165, 1.54) is 32.5 Å². The van der Waals surface area contributed by atoms with Crippen LogP contribution in [-0.4, -0.2) is 36.2 Å². The van der Waals surface area contributed by atoms with Crippen molar-refractivity contribution in [1.29, 1.82) is 0 Å². The van der Waals surface area contributed by atoms with Gasteiger partial charge in [0.2, 0.25) is 5.91 Å². The van der Waals surface area contributed by atoms with Gasteiger partial charge in [-0.25, -0.2) is 13.4 Å². The first-order chi connectivity index (χ1) is 17.0. The average Bonchev–Trinajstić information content (AvgIpc) is 3.58. The van der Waals surface area contributed by atoms with Gasteiger partial charge >= 0.3 is 0 Å². The number of thiophene rings is 1.